The van der Waals surface area contributed by atoms with E-state index in [2.05, 4.69) is 5.32 Å². The van der Waals surface area contributed by atoms with Crippen molar-refractivity contribution in [3.05, 3.63) is 29.8 Å². The van der Waals surface area contributed by atoms with E-state index in [4.69, 9.17) is 9.47 Å². The number of fused-ring (bicyclic) bond motifs is 1. The highest BCUT2D eigenvalue weighted by molar-refractivity contribution is 5.93. The smallest absolute Gasteiger partial charge is 0.310 e. The molecule has 6 nitrogen and oxygen atoms in total. The molecule has 1 N–H and O–H groups in total. The number of esters is 2. The van der Waals surface area contributed by atoms with Gasteiger partial charge < -0.3 is 14.8 Å². The van der Waals surface area contributed by atoms with Gasteiger partial charge in [0.05, 0.1) is 11.8 Å². The molecule has 2 bridgehead atoms. The minimum absolute atomic E-state index is 0.0128. The maximum absolute atomic E-state index is 12.4. The van der Waals surface area contributed by atoms with Crippen molar-refractivity contribution in [1.82, 2.24) is 0 Å². The monoisotopic (exact) mass is 329 g/mol. The molecule has 0 radical (unpaired) electrons. The summed E-state index contributed by atoms with van der Waals surface area (Å²) in [5.41, 5.74) is 1.69. The third kappa shape index (κ3) is 2.46. The van der Waals surface area contributed by atoms with Crippen LogP contribution in [0.5, 0.6) is 0 Å². The molecule has 1 aromatic carbocycles. The van der Waals surface area contributed by atoms with Gasteiger partial charge in [-0.3, -0.25) is 14.4 Å². The van der Waals surface area contributed by atoms with Crippen LogP contribution in [0.1, 0.15) is 18.4 Å². The third-order valence-electron chi connectivity index (χ3n) is 5.40. The fraction of sp³-hybridized carbons (Fsp3) is 0.500. The summed E-state index contributed by atoms with van der Waals surface area (Å²) in [5, 5.41) is 2.70. The lowest BCUT2D eigenvalue weighted by molar-refractivity contribution is -0.157. The van der Waals surface area contributed by atoms with E-state index in [-0.39, 0.29) is 42.3 Å². The largest absolute Gasteiger partial charge is 0.462 e. The van der Waals surface area contributed by atoms with Gasteiger partial charge in [-0.15, -0.1) is 0 Å². The third-order valence-corrected chi connectivity index (χ3v) is 5.40. The number of hydrogen-bond acceptors (Lipinski definition) is 5. The minimum atomic E-state index is -0.454. The van der Waals surface area contributed by atoms with Crippen LogP contribution in [0.15, 0.2) is 24.3 Å². The number of carbonyl (C=O) groups excluding carboxylic acids is 3. The van der Waals surface area contributed by atoms with Crippen LogP contribution in [0.25, 0.3) is 0 Å². The van der Waals surface area contributed by atoms with Gasteiger partial charge in [0.1, 0.15) is 6.10 Å². The Hall–Kier alpha value is -2.37. The zero-order valence-electron chi connectivity index (χ0n) is 13.4. The van der Waals surface area contributed by atoms with Crippen LogP contribution in [0.4, 0.5) is 5.69 Å². The molecule has 1 aromatic rings. The van der Waals surface area contributed by atoms with Crippen LogP contribution in [0.2, 0.25) is 0 Å². The summed E-state index contributed by atoms with van der Waals surface area (Å²) < 4.78 is 10.5. The van der Waals surface area contributed by atoms with E-state index in [9.17, 15) is 14.4 Å². The molecule has 0 spiro atoms. The Bertz CT molecular complexity index is 713. The average molecular weight is 329 g/mol. The molecule has 5 atom stereocenters. The van der Waals surface area contributed by atoms with E-state index in [1.54, 1.807) is 6.07 Å². The lowest BCUT2D eigenvalue weighted by atomic mass is 9.80. The topological polar surface area (TPSA) is 81.7 Å². The highest BCUT2D eigenvalue weighted by Crippen LogP contribution is 2.57. The maximum Gasteiger partial charge on any atom is 0.310 e. The molecule has 1 saturated heterocycles. The lowest BCUT2D eigenvalue weighted by Crippen LogP contribution is -2.34. The van der Waals surface area contributed by atoms with Crippen LogP contribution in [-0.4, -0.2) is 30.6 Å². The van der Waals surface area contributed by atoms with E-state index in [1.165, 1.54) is 0 Å². The number of ether oxygens (including phenoxy) is 2. The fourth-order valence-electron chi connectivity index (χ4n) is 4.48. The van der Waals surface area contributed by atoms with Crippen LogP contribution in [-0.2, 0) is 23.9 Å². The maximum atomic E-state index is 12.4. The molecule has 24 heavy (non-hydrogen) atoms. The summed E-state index contributed by atoms with van der Waals surface area (Å²) in [6, 6.07) is 7.38. The molecule has 4 rings (SSSR count). The summed E-state index contributed by atoms with van der Waals surface area (Å²) in [6.07, 6.45) is 1.57. The molecule has 1 amide bonds. The van der Waals surface area contributed by atoms with E-state index in [1.807, 2.05) is 25.1 Å². The molecular weight excluding hydrogens is 310 g/mol. The molecule has 0 unspecified atom stereocenters. The van der Waals surface area contributed by atoms with Crippen molar-refractivity contribution in [3.8, 4) is 0 Å². The van der Waals surface area contributed by atoms with Gasteiger partial charge in [0.25, 0.3) is 5.91 Å². The van der Waals surface area contributed by atoms with Gasteiger partial charge in [-0.25, -0.2) is 0 Å². The molecule has 126 valence electrons. The summed E-state index contributed by atoms with van der Waals surface area (Å²) in [7, 11) is 0. The Labute approximate surface area is 139 Å². The van der Waals surface area contributed by atoms with Crippen molar-refractivity contribution in [2.75, 3.05) is 11.9 Å². The first-order valence-corrected chi connectivity index (χ1v) is 8.26. The van der Waals surface area contributed by atoms with Gasteiger partial charge in [0, 0.05) is 11.6 Å². The van der Waals surface area contributed by atoms with Gasteiger partial charge in [-0.2, -0.15) is 0 Å². The highest BCUT2D eigenvalue weighted by atomic mass is 16.6. The number of benzene rings is 1. The summed E-state index contributed by atoms with van der Waals surface area (Å²) in [4.78, 5) is 36.2. The highest BCUT2D eigenvalue weighted by Gasteiger charge is 2.64. The first-order valence-electron chi connectivity index (χ1n) is 8.26. The van der Waals surface area contributed by atoms with Gasteiger partial charge in [0.15, 0.2) is 6.61 Å². The van der Waals surface area contributed by atoms with Crippen LogP contribution < -0.4 is 5.32 Å². The Kier molecular flexibility index (Phi) is 3.55. The van der Waals surface area contributed by atoms with Crippen LogP contribution in [0.3, 0.4) is 0 Å². The Morgan fingerprint density at radius 3 is 2.96 bits per heavy atom. The first kappa shape index (κ1) is 15.2. The van der Waals surface area contributed by atoms with E-state index < -0.39 is 11.9 Å². The van der Waals surface area contributed by atoms with Crippen molar-refractivity contribution in [2.24, 2.45) is 23.7 Å². The predicted octanol–water partition coefficient (Wildman–Crippen LogP) is 1.67. The molecule has 1 heterocycles. The summed E-state index contributed by atoms with van der Waals surface area (Å²) >= 11 is 0. The Morgan fingerprint density at radius 2 is 2.17 bits per heavy atom. The number of rotatable bonds is 4. The Balaban J connectivity index is 1.34. The zero-order chi connectivity index (χ0) is 16.8. The van der Waals surface area contributed by atoms with Gasteiger partial charge in [-0.1, -0.05) is 12.1 Å². The number of carbonyl (C=O) groups is 3. The SMILES string of the molecule is Cc1cccc(NC(=O)COC(=O)[C@@H]2[C@@H]3C[C@@H]4[C@@H]2C(=O)O[C@@H]4C3)c1. The molecule has 2 aliphatic carbocycles. The second-order valence-corrected chi connectivity index (χ2v) is 6.95. The van der Waals surface area contributed by atoms with Crippen molar-refractivity contribution in [2.45, 2.75) is 25.9 Å². The van der Waals surface area contributed by atoms with Crippen LogP contribution in [0, 0.1) is 30.6 Å². The van der Waals surface area contributed by atoms with Gasteiger partial charge in [-0.05, 0) is 43.4 Å². The molecule has 0 aromatic heterocycles. The van der Waals surface area contributed by atoms with Crippen molar-refractivity contribution >= 4 is 23.5 Å². The van der Waals surface area contributed by atoms with E-state index in [0.29, 0.717) is 5.69 Å². The average Bonchev–Trinajstić information content (AvgIpc) is 3.14. The molecule has 6 heteroatoms. The second-order valence-electron chi connectivity index (χ2n) is 6.95. The number of aryl methyl sites for hydroxylation is 1. The number of nitrogens with one attached hydrogen (secondary N) is 1. The van der Waals surface area contributed by atoms with Gasteiger partial charge >= 0.3 is 11.9 Å². The summed E-state index contributed by atoms with van der Waals surface area (Å²) in [6.45, 7) is 1.59. The number of amides is 1. The predicted molar refractivity (Wildman–Crippen MR) is 83.8 cm³/mol. The van der Waals surface area contributed by atoms with Crippen LogP contribution >= 0.6 is 0 Å². The van der Waals surface area contributed by atoms with Crippen molar-refractivity contribution < 1.29 is 23.9 Å². The van der Waals surface area contributed by atoms with E-state index in [0.717, 1.165) is 18.4 Å². The Morgan fingerprint density at radius 1 is 1.33 bits per heavy atom. The van der Waals surface area contributed by atoms with E-state index >= 15 is 0 Å². The first-order chi connectivity index (χ1) is 11.5. The zero-order valence-corrected chi connectivity index (χ0v) is 13.4. The van der Waals surface area contributed by atoms with Crippen molar-refractivity contribution in [1.29, 1.82) is 0 Å². The lowest BCUT2D eigenvalue weighted by Gasteiger charge is -2.22. The number of anilines is 1. The fourth-order valence-corrected chi connectivity index (χ4v) is 4.48. The second kappa shape index (κ2) is 5.61. The minimum Gasteiger partial charge on any atom is -0.462 e. The number of hydrogen-bond donors (Lipinski definition) is 1. The molecular formula is C18H19NO5. The summed E-state index contributed by atoms with van der Waals surface area (Å²) in [5.74, 6) is -1.65. The quantitative estimate of drug-likeness (QED) is 0.850. The standard InChI is InChI=1S/C18H19NO5/c1-9-3-2-4-11(5-9)19-14(20)8-23-17(21)15-10-6-12-13(7-10)24-18(22)16(12)15/h2-5,10,12-13,15-16H,6-8H2,1H3,(H,19,20)/t10-,12+,13-,15-,16+/m1/s1. The molecule has 2 saturated carbocycles. The molecule has 3 aliphatic rings. The van der Waals surface area contributed by atoms with Gasteiger partial charge in [0.2, 0.25) is 0 Å². The molecule has 1 aliphatic heterocycles. The molecule has 3 fully saturated rings. The van der Waals surface area contributed by atoms with Crippen molar-refractivity contribution in [3.63, 3.8) is 0 Å². The normalized spacial score (nSPS) is 32.5.